The quantitative estimate of drug-likeness (QED) is 0.662. The summed E-state index contributed by atoms with van der Waals surface area (Å²) in [6.45, 7) is 0.307. The summed E-state index contributed by atoms with van der Waals surface area (Å²) in [7, 11) is 0. The molecule has 116 valence electrons. The van der Waals surface area contributed by atoms with Crippen molar-refractivity contribution < 1.29 is 23.1 Å². The standard InChI is InChI=1S/C14H15ClF3NO2/c15-8-3-1-7(2-4-8)6-19-14(21)9-5-10(16)12(18)13(20)11(9)17/h5,7-8,20H,1-4,6H2,(H,19,21). The number of nitrogens with one attached hydrogen (secondary N) is 1. The Morgan fingerprint density at radius 3 is 2.48 bits per heavy atom. The highest BCUT2D eigenvalue weighted by molar-refractivity contribution is 6.20. The highest BCUT2D eigenvalue weighted by atomic mass is 35.5. The van der Waals surface area contributed by atoms with Gasteiger partial charge in [0.1, 0.15) is 0 Å². The predicted octanol–water partition coefficient (Wildman–Crippen LogP) is 3.34. The SMILES string of the molecule is O=C(NCC1CCC(Cl)CC1)c1cc(F)c(F)c(O)c1F. The zero-order chi connectivity index (χ0) is 15.6. The van der Waals surface area contributed by atoms with E-state index in [9.17, 15) is 18.0 Å². The molecule has 0 spiro atoms. The summed E-state index contributed by atoms with van der Waals surface area (Å²) >= 11 is 5.97. The second-order valence-corrected chi connectivity index (χ2v) is 5.83. The van der Waals surface area contributed by atoms with Crippen LogP contribution in [0.5, 0.6) is 5.75 Å². The molecule has 0 atom stereocenters. The van der Waals surface area contributed by atoms with Crippen LogP contribution in [0.4, 0.5) is 13.2 Å². The lowest BCUT2D eigenvalue weighted by atomic mass is 9.89. The lowest BCUT2D eigenvalue weighted by molar-refractivity contribution is 0.0938. The highest BCUT2D eigenvalue weighted by Crippen LogP contribution is 2.28. The molecule has 1 aliphatic rings. The van der Waals surface area contributed by atoms with E-state index >= 15 is 0 Å². The van der Waals surface area contributed by atoms with E-state index in [1.54, 1.807) is 0 Å². The fourth-order valence-electron chi connectivity index (χ4n) is 2.41. The number of rotatable bonds is 3. The summed E-state index contributed by atoms with van der Waals surface area (Å²) < 4.78 is 39.6. The van der Waals surface area contributed by atoms with Crippen molar-refractivity contribution in [1.82, 2.24) is 5.32 Å². The first kappa shape index (κ1) is 15.9. The molecule has 2 rings (SSSR count). The molecule has 21 heavy (non-hydrogen) atoms. The zero-order valence-electron chi connectivity index (χ0n) is 11.1. The molecule has 0 bridgehead atoms. The van der Waals surface area contributed by atoms with E-state index < -0.39 is 34.7 Å². The van der Waals surface area contributed by atoms with Gasteiger partial charge in [-0.3, -0.25) is 4.79 Å². The zero-order valence-corrected chi connectivity index (χ0v) is 11.9. The molecule has 0 aromatic heterocycles. The van der Waals surface area contributed by atoms with Gasteiger partial charge in [0, 0.05) is 11.9 Å². The molecule has 1 aromatic rings. The van der Waals surface area contributed by atoms with Crippen molar-refractivity contribution >= 4 is 17.5 Å². The maximum atomic E-state index is 13.6. The monoisotopic (exact) mass is 321 g/mol. The van der Waals surface area contributed by atoms with Crippen LogP contribution in [0.2, 0.25) is 0 Å². The number of carbonyl (C=O) groups excluding carboxylic acids is 1. The Bertz CT molecular complexity index is 546. The van der Waals surface area contributed by atoms with Crippen LogP contribution in [0.3, 0.4) is 0 Å². The van der Waals surface area contributed by atoms with Crippen LogP contribution in [0, 0.1) is 23.4 Å². The summed E-state index contributed by atoms with van der Waals surface area (Å²) in [4.78, 5) is 11.8. The van der Waals surface area contributed by atoms with Crippen molar-refractivity contribution in [2.45, 2.75) is 31.1 Å². The third-order valence-electron chi connectivity index (χ3n) is 3.71. The summed E-state index contributed by atoms with van der Waals surface area (Å²) in [6.07, 6.45) is 3.39. The van der Waals surface area contributed by atoms with Gasteiger partial charge in [0.2, 0.25) is 5.82 Å². The van der Waals surface area contributed by atoms with Crippen molar-refractivity contribution in [3.8, 4) is 5.75 Å². The van der Waals surface area contributed by atoms with Crippen LogP contribution in [-0.2, 0) is 0 Å². The second-order valence-electron chi connectivity index (χ2n) is 5.21. The number of alkyl halides is 1. The highest BCUT2D eigenvalue weighted by Gasteiger charge is 2.24. The van der Waals surface area contributed by atoms with E-state index in [4.69, 9.17) is 16.7 Å². The fraction of sp³-hybridized carbons (Fsp3) is 0.500. The Morgan fingerprint density at radius 1 is 1.24 bits per heavy atom. The Balaban J connectivity index is 2.01. The molecule has 0 radical (unpaired) electrons. The van der Waals surface area contributed by atoms with Gasteiger partial charge in [-0.1, -0.05) is 0 Å². The number of carbonyl (C=O) groups is 1. The molecular formula is C14H15ClF3NO2. The topological polar surface area (TPSA) is 49.3 Å². The third-order valence-corrected chi connectivity index (χ3v) is 4.14. The third kappa shape index (κ3) is 3.61. The molecule has 3 nitrogen and oxygen atoms in total. The normalized spacial score (nSPS) is 22.1. The van der Waals surface area contributed by atoms with E-state index in [1.807, 2.05) is 0 Å². The van der Waals surface area contributed by atoms with Crippen molar-refractivity contribution in [1.29, 1.82) is 0 Å². The van der Waals surface area contributed by atoms with Crippen LogP contribution in [0.15, 0.2) is 6.07 Å². The first-order valence-electron chi connectivity index (χ1n) is 6.69. The predicted molar refractivity (Wildman–Crippen MR) is 71.9 cm³/mol. The minimum absolute atomic E-state index is 0.150. The number of aromatic hydroxyl groups is 1. The number of hydrogen-bond donors (Lipinski definition) is 2. The van der Waals surface area contributed by atoms with Crippen LogP contribution in [0.25, 0.3) is 0 Å². The molecule has 1 saturated carbocycles. The number of phenolic OH excluding ortho intramolecular Hbond substituents is 1. The van der Waals surface area contributed by atoms with Gasteiger partial charge in [-0.15, -0.1) is 11.6 Å². The minimum Gasteiger partial charge on any atom is -0.503 e. The first-order chi connectivity index (χ1) is 9.90. The Hall–Kier alpha value is -1.43. The molecule has 0 saturated heterocycles. The summed E-state index contributed by atoms with van der Waals surface area (Å²) in [5, 5.41) is 11.7. The van der Waals surface area contributed by atoms with E-state index in [1.165, 1.54) is 0 Å². The molecule has 7 heteroatoms. The number of halogens is 4. The van der Waals surface area contributed by atoms with E-state index in [2.05, 4.69) is 5.32 Å². The van der Waals surface area contributed by atoms with Gasteiger partial charge in [0.15, 0.2) is 17.4 Å². The number of hydrogen-bond acceptors (Lipinski definition) is 2. The maximum absolute atomic E-state index is 13.6. The lowest BCUT2D eigenvalue weighted by Gasteiger charge is -2.25. The summed E-state index contributed by atoms with van der Waals surface area (Å²) in [6, 6.07) is 0.440. The van der Waals surface area contributed by atoms with Crippen molar-refractivity contribution in [3.05, 3.63) is 29.1 Å². The number of amides is 1. The van der Waals surface area contributed by atoms with Crippen molar-refractivity contribution in [2.24, 2.45) is 5.92 Å². The molecule has 0 heterocycles. The molecule has 1 fully saturated rings. The molecule has 1 aliphatic carbocycles. The molecule has 1 amide bonds. The fourth-order valence-corrected chi connectivity index (χ4v) is 2.67. The molecule has 0 unspecified atom stereocenters. The Kier molecular flexibility index (Phi) is 4.98. The average Bonchev–Trinajstić information content (AvgIpc) is 2.48. The number of phenols is 1. The molecular weight excluding hydrogens is 307 g/mol. The van der Waals surface area contributed by atoms with Crippen molar-refractivity contribution in [3.63, 3.8) is 0 Å². The van der Waals surface area contributed by atoms with Gasteiger partial charge in [-0.05, 0) is 37.7 Å². The van der Waals surface area contributed by atoms with Gasteiger partial charge < -0.3 is 10.4 Å². The molecule has 1 aromatic carbocycles. The van der Waals surface area contributed by atoms with Crippen molar-refractivity contribution in [2.75, 3.05) is 6.54 Å². The Labute approximate surface area is 125 Å². The Morgan fingerprint density at radius 2 is 1.86 bits per heavy atom. The first-order valence-corrected chi connectivity index (χ1v) is 7.12. The smallest absolute Gasteiger partial charge is 0.254 e. The minimum atomic E-state index is -1.70. The van der Waals surface area contributed by atoms with Gasteiger partial charge in [0.05, 0.1) is 5.56 Å². The number of benzene rings is 1. The van der Waals surface area contributed by atoms with Crippen LogP contribution >= 0.6 is 11.6 Å². The summed E-state index contributed by atoms with van der Waals surface area (Å²) in [5.74, 6) is -6.77. The molecule has 0 aliphatic heterocycles. The van der Waals surface area contributed by atoms with E-state index in [-0.39, 0.29) is 11.3 Å². The lowest BCUT2D eigenvalue weighted by Crippen LogP contribution is -2.32. The van der Waals surface area contributed by atoms with E-state index in [0.717, 1.165) is 25.7 Å². The van der Waals surface area contributed by atoms with Crippen LogP contribution in [0.1, 0.15) is 36.0 Å². The largest absolute Gasteiger partial charge is 0.503 e. The second kappa shape index (κ2) is 6.56. The summed E-state index contributed by atoms with van der Waals surface area (Å²) in [5.41, 5.74) is -0.711. The average molecular weight is 322 g/mol. The van der Waals surface area contributed by atoms with Gasteiger partial charge >= 0.3 is 0 Å². The van der Waals surface area contributed by atoms with Crippen LogP contribution in [-0.4, -0.2) is 22.9 Å². The van der Waals surface area contributed by atoms with Gasteiger partial charge in [0.25, 0.3) is 5.91 Å². The van der Waals surface area contributed by atoms with Gasteiger partial charge in [-0.25, -0.2) is 8.78 Å². The maximum Gasteiger partial charge on any atom is 0.254 e. The molecule has 2 N–H and O–H groups in total. The van der Waals surface area contributed by atoms with Gasteiger partial charge in [-0.2, -0.15) is 4.39 Å². The van der Waals surface area contributed by atoms with Crippen LogP contribution < -0.4 is 5.32 Å². The van der Waals surface area contributed by atoms with E-state index in [0.29, 0.717) is 12.6 Å².